The van der Waals surface area contributed by atoms with Gasteiger partial charge in [0.1, 0.15) is 0 Å². The van der Waals surface area contributed by atoms with Crippen LogP contribution in [0.25, 0.3) is 0 Å². The van der Waals surface area contributed by atoms with Gasteiger partial charge in [0, 0.05) is 24.2 Å². The lowest BCUT2D eigenvalue weighted by atomic mass is 9.52. The first-order valence-corrected chi connectivity index (χ1v) is 12.8. The SMILES string of the molecule is C=C1CCC[C@@]2(C)C1CCC(=C)[C@@H]2C/C=C1/C(=O)OCC1C.CC.COC(O)c1ccccc1. The van der Waals surface area contributed by atoms with Crippen molar-refractivity contribution >= 4 is 5.97 Å². The van der Waals surface area contributed by atoms with Crippen LogP contribution in [0.3, 0.4) is 0 Å². The van der Waals surface area contributed by atoms with E-state index >= 15 is 0 Å². The van der Waals surface area contributed by atoms with Gasteiger partial charge in [-0.25, -0.2) is 4.79 Å². The number of methoxy groups -OCH3 is 1. The van der Waals surface area contributed by atoms with Crippen molar-refractivity contribution in [3.8, 4) is 0 Å². The molecule has 1 saturated heterocycles. The van der Waals surface area contributed by atoms with Gasteiger partial charge in [-0.2, -0.15) is 0 Å². The number of fused-ring (bicyclic) bond motifs is 1. The number of rotatable bonds is 4. The highest BCUT2D eigenvalue weighted by atomic mass is 16.6. The van der Waals surface area contributed by atoms with Gasteiger partial charge in [0.05, 0.1) is 6.61 Å². The van der Waals surface area contributed by atoms with E-state index in [9.17, 15) is 4.79 Å². The van der Waals surface area contributed by atoms with Crippen molar-refractivity contribution in [3.05, 3.63) is 71.8 Å². The summed E-state index contributed by atoms with van der Waals surface area (Å²) in [5.74, 6) is 1.21. The molecule has 1 N–H and O–H groups in total. The highest BCUT2D eigenvalue weighted by Crippen LogP contribution is 2.57. The first-order valence-electron chi connectivity index (χ1n) is 12.8. The van der Waals surface area contributed by atoms with E-state index in [1.54, 1.807) is 0 Å². The van der Waals surface area contributed by atoms with Gasteiger partial charge in [0.15, 0.2) is 6.29 Å². The van der Waals surface area contributed by atoms with Gasteiger partial charge < -0.3 is 14.6 Å². The second kappa shape index (κ2) is 13.1. The molecular weight excluding hydrogens is 424 g/mol. The number of allylic oxidation sites excluding steroid dienone is 3. The maximum atomic E-state index is 11.8. The van der Waals surface area contributed by atoms with Crippen LogP contribution in [-0.4, -0.2) is 24.8 Å². The molecule has 4 heteroatoms. The molecular formula is C30H44O4. The largest absolute Gasteiger partial charge is 0.462 e. The molecule has 4 rings (SSSR count). The van der Waals surface area contributed by atoms with Crippen LogP contribution in [0.5, 0.6) is 0 Å². The van der Waals surface area contributed by atoms with Crippen LogP contribution < -0.4 is 0 Å². The van der Waals surface area contributed by atoms with Crippen molar-refractivity contribution in [2.45, 2.75) is 72.5 Å². The van der Waals surface area contributed by atoms with Crippen molar-refractivity contribution in [1.82, 2.24) is 0 Å². The second-order valence-corrected chi connectivity index (χ2v) is 9.71. The molecule has 0 radical (unpaired) electrons. The fraction of sp³-hybridized carbons (Fsp3) is 0.567. The maximum absolute atomic E-state index is 11.8. The van der Waals surface area contributed by atoms with Gasteiger partial charge >= 0.3 is 5.97 Å². The van der Waals surface area contributed by atoms with Crippen LogP contribution in [0.4, 0.5) is 0 Å². The summed E-state index contributed by atoms with van der Waals surface area (Å²) in [6, 6.07) is 9.24. The van der Waals surface area contributed by atoms with Crippen LogP contribution in [0.15, 0.2) is 66.3 Å². The van der Waals surface area contributed by atoms with E-state index in [0.717, 1.165) is 24.0 Å². The highest BCUT2D eigenvalue weighted by Gasteiger charge is 2.47. The zero-order valence-electron chi connectivity index (χ0n) is 21.8. The zero-order chi connectivity index (χ0) is 25.3. The normalized spacial score (nSPS) is 30.4. The van der Waals surface area contributed by atoms with E-state index in [-0.39, 0.29) is 17.3 Å². The second-order valence-electron chi connectivity index (χ2n) is 9.71. The average molecular weight is 469 g/mol. The van der Waals surface area contributed by atoms with Crippen LogP contribution in [0, 0.1) is 23.2 Å². The van der Waals surface area contributed by atoms with E-state index in [1.165, 1.54) is 43.9 Å². The molecule has 2 aliphatic carbocycles. The Kier molecular flexibility index (Phi) is 10.8. The van der Waals surface area contributed by atoms with Crippen LogP contribution >= 0.6 is 0 Å². The maximum Gasteiger partial charge on any atom is 0.334 e. The lowest BCUT2D eigenvalue weighted by molar-refractivity contribution is -0.135. The van der Waals surface area contributed by atoms with Crippen molar-refractivity contribution < 1.29 is 19.4 Å². The van der Waals surface area contributed by atoms with E-state index < -0.39 is 6.29 Å². The summed E-state index contributed by atoms with van der Waals surface area (Å²) in [6.45, 7) is 17.7. The van der Waals surface area contributed by atoms with Crippen molar-refractivity contribution in [2.75, 3.05) is 13.7 Å². The molecule has 3 unspecified atom stereocenters. The Morgan fingerprint density at radius 3 is 2.47 bits per heavy atom. The molecule has 34 heavy (non-hydrogen) atoms. The summed E-state index contributed by atoms with van der Waals surface area (Å²) in [7, 11) is 1.47. The number of cyclic esters (lactones) is 1. The Morgan fingerprint density at radius 2 is 1.88 bits per heavy atom. The lowest BCUT2D eigenvalue weighted by Crippen LogP contribution is -2.42. The Morgan fingerprint density at radius 1 is 1.21 bits per heavy atom. The molecule has 4 nitrogen and oxygen atoms in total. The number of aliphatic hydroxyl groups is 1. The smallest absolute Gasteiger partial charge is 0.334 e. The highest BCUT2D eigenvalue weighted by molar-refractivity contribution is 5.90. The third kappa shape index (κ3) is 6.49. The van der Waals surface area contributed by atoms with E-state index in [2.05, 4.69) is 33.1 Å². The van der Waals surface area contributed by atoms with Gasteiger partial charge in [-0.15, -0.1) is 0 Å². The molecule has 3 fully saturated rings. The molecule has 2 saturated carbocycles. The Balaban J connectivity index is 0.000000286. The number of benzene rings is 1. The zero-order valence-corrected chi connectivity index (χ0v) is 21.8. The number of hydrogen-bond donors (Lipinski definition) is 1. The average Bonchev–Trinajstić information content (AvgIpc) is 3.17. The number of aliphatic hydroxyl groups excluding tert-OH is 1. The van der Waals surface area contributed by atoms with Crippen LogP contribution in [-0.2, 0) is 14.3 Å². The first kappa shape index (κ1) is 28.1. The molecule has 1 heterocycles. The summed E-state index contributed by atoms with van der Waals surface area (Å²) in [5, 5.41) is 9.11. The molecule has 0 amide bonds. The fourth-order valence-electron chi connectivity index (χ4n) is 5.73. The number of carbonyl (C=O) groups excluding carboxylic acids is 1. The summed E-state index contributed by atoms with van der Waals surface area (Å²) in [4.78, 5) is 11.8. The minimum absolute atomic E-state index is 0.122. The van der Waals surface area contributed by atoms with Gasteiger partial charge in [-0.05, 0) is 55.8 Å². The third-order valence-electron chi connectivity index (χ3n) is 7.66. The summed E-state index contributed by atoms with van der Waals surface area (Å²) < 4.78 is 9.84. The molecule has 1 aromatic carbocycles. The standard InChI is InChI=1S/C20H28O2.C8H10O2.C2H6/c1-13-6-5-11-20(4)17(13)9-7-14(2)18(20)10-8-16-15(3)12-22-19(16)21;1-10-8(9)7-5-3-2-4-6-7;1-2/h8,15,17-18H,1-2,5-7,9-12H2,3-4H3;2-6,8-9H,1H3;1-2H3/b16-8+;;/t15?,17?,18-,20-;;/m0../s1. The number of hydrogen-bond acceptors (Lipinski definition) is 4. The van der Waals surface area contributed by atoms with Gasteiger partial charge in [-0.1, -0.05) is 88.4 Å². The predicted octanol–water partition coefficient (Wildman–Crippen LogP) is 7.17. The minimum Gasteiger partial charge on any atom is -0.462 e. The molecule has 0 bridgehead atoms. The number of carbonyl (C=O) groups is 1. The number of ether oxygens (including phenoxy) is 2. The summed E-state index contributed by atoms with van der Waals surface area (Å²) >= 11 is 0. The van der Waals surface area contributed by atoms with Gasteiger partial charge in [0.25, 0.3) is 0 Å². The van der Waals surface area contributed by atoms with E-state index in [4.69, 9.17) is 14.6 Å². The van der Waals surface area contributed by atoms with E-state index in [1.807, 2.05) is 44.2 Å². The molecule has 1 aromatic rings. The molecule has 3 aliphatic rings. The molecule has 5 atom stereocenters. The molecule has 188 valence electrons. The van der Waals surface area contributed by atoms with Crippen molar-refractivity contribution in [1.29, 1.82) is 0 Å². The third-order valence-corrected chi connectivity index (χ3v) is 7.66. The van der Waals surface area contributed by atoms with Gasteiger partial charge in [-0.3, -0.25) is 0 Å². The molecule has 1 aliphatic heterocycles. The van der Waals surface area contributed by atoms with Crippen molar-refractivity contribution in [2.24, 2.45) is 23.2 Å². The predicted molar refractivity (Wildman–Crippen MR) is 139 cm³/mol. The fourth-order valence-corrected chi connectivity index (χ4v) is 5.73. The molecule has 0 spiro atoms. The van der Waals surface area contributed by atoms with Gasteiger partial charge in [0.2, 0.25) is 0 Å². The quantitative estimate of drug-likeness (QED) is 0.220. The summed E-state index contributed by atoms with van der Waals surface area (Å²) in [5.41, 5.74) is 4.73. The topological polar surface area (TPSA) is 55.8 Å². The lowest BCUT2D eigenvalue weighted by Gasteiger charge is -2.52. The summed E-state index contributed by atoms with van der Waals surface area (Å²) in [6.07, 6.45) is 8.26. The Hall–Kier alpha value is -2.17. The van der Waals surface area contributed by atoms with E-state index in [0.29, 0.717) is 18.4 Å². The monoisotopic (exact) mass is 468 g/mol. The number of esters is 1. The van der Waals surface area contributed by atoms with Crippen molar-refractivity contribution in [3.63, 3.8) is 0 Å². The molecule has 0 aromatic heterocycles. The van der Waals surface area contributed by atoms with Crippen LogP contribution in [0.2, 0.25) is 0 Å². The minimum atomic E-state index is -0.791. The Labute approximate surface area is 206 Å². The van der Waals surface area contributed by atoms with Crippen LogP contribution in [0.1, 0.15) is 78.1 Å². The first-order chi connectivity index (χ1) is 16.3. The Bertz CT molecular complexity index is 856.